The lowest BCUT2D eigenvalue weighted by molar-refractivity contribution is -0.213. The van der Waals surface area contributed by atoms with Gasteiger partial charge in [-0.15, -0.1) is 6.42 Å². The highest BCUT2D eigenvalue weighted by Gasteiger charge is 2.69. The van der Waals surface area contributed by atoms with Crippen molar-refractivity contribution in [1.29, 1.82) is 0 Å². The molecule has 4 heteroatoms. The third-order valence-corrected chi connectivity index (χ3v) is 13.6. The molecule has 0 aromatic rings. The molecule has 0 aliphatic heterocycles. The van der Waals surface area contributed by atoms with Gasteiger partial charge in [-0.1, -0.05) is 66.0 Å². The van der Waals surface area contributed by atoms with Crippen molar-refractivity contribution in [1.82, 2.24) is 0 Å². The average molecular weight is 537 g/mol. The van der Waals surface area contributed by atoms with E-state index in [1.807, 2.05) is 0 Å². The zero-order valence-electron chi connectivity index (χ0n) is 25.9. The molecule has 39 heavy (non-hydrogen) atoms. The van der Waals surface area contributed by atoms with Crippen LogP contribution in [0.1, 0.15) is 120 Å². The van der Waals surface area contributed by atoms with Gasteiger partial charge in [-0.05, 0) is 104 Å². The van der Waals surface area contributed by atoms with Crippen LogP contribution < -0.4 is 0 Å². The molecule has 5 rings (SSSR count). The van der Waals surface area contributed by atoms with E-state index < -0.39 is 5.41 Å². The number of hydrogen-bond acceptors (Lipinski definition) is 4. The summed E-state index contributed by atoms with van der Waals surface area (Å²) in [6, 6.07) is 0. The summed E-state index contributed by atoms with van der Waals surface area (Å²) in [7, 11) is 0. The molecule has 0 amide bonds. The first-order valence-electron chi connectivity index (χ1n) is 15.6. The van der Waals surface area contributed by atoms with Crippen LogP contribution in [-0.2, 0) is 19.1 Å². The maximum atomic E-state index is 13.7. The lowest BCUT2D eigenvalue weighted by atomic mass is 9.33. The van der Waals surface area contributed by atoms with Gasteiger partial charge in [0.1, 0.15) is 6.10 Å². The second-order valence-electron chi connectivity index (χ2n) is 16.1. The average Bonchev–Trinajstić information content (AvgIpc) is 2.84. The van der Waals surface area contributed by atoms with Crippen LogP contribution in [0.4, 0.5) is 0 Å². The van der Waals surface area contributed by atoms with Crippen LogP contribution in [-0.4, -0.2) is 24.6 Å². The Morgan fingerprint density at radius 1 is 0.949 bits per heavy atom. The SMILES string of the molecule is C#CCOC(=O)[C@]12CCC(C)(C)C[C@H]1C1=CC[C@@H]3[C@@]4(C)CC[C@H](OC(C)=O)C(C)(C)[C@@H]4CC[C@@]3(C)[C@]1(C)CC2. The van der Waals surface area contributed by atoms with Crippen molar-refractivity contribution in [2.45, 2.75) is 126 Å². The van der Waals surface area contributed by atoms with Gasteiger partial charge in [0.15, 0.2) is 6.61 Å². The minimum atomic E-state index is -0.438. The summed E-state index contributed by atoms with van der Waals surface area (Å²) in [6.07, 6.45) is 18.5. The van der Waals surface area contributed by atoms with Gasteiger partial charge in [-0.3, -0.25) is 9.59 Å². The van der Waals surface area contributed by atoms with Gasteiger partial charge in [-0.2, -0.15) is 0 Å². The molecule has 0 aromatic heterocycles. The van der Waals surface area contributed by atoms with Gasteiger partial charge in [0, 0.05) is 12.3 Å². The van der Waals surface area contributed by atoms with E-state index in [9.17, 15) is 9.59 Å². The van der Waals surface area contributed by atoms with Crippen molar-refractivity contribution in [2.24, 2.45) is 50.2 Å². The van der Waals surface area contributed by atoms with Crippen molar-refractivity contribution < 1.29 is 19.1 Å². The Morgan fingerprint density at radius 3 is 2.31 bits per heavy atom. The molecule has 0 radical (unpaired) electrons. The van der Waals surface area contributed by atoms with Gasteiger partial charge < -0.3 is 9.47 Å². The number of carbonyl (C=O) groups excluding carboxylic acids is 2. The molecule has 0 unspecified atom stereocenters. The van der Waals surface area contributed by atoms with Crippen molar-refractivity contribution >= 4 is 11.9 Å². The maximum Gasteiger partial charge on any atom is 0.313 e. The molecule has 0 heterocycles. The molecule has 0 aromatic carbocycles. The maximum absolute atomic E-state index is 13.7. The number of ether oxygens (including phenoxy) is 2. The highest BCUT2D eigenvalue weighted by molar-refractivity contribution is 5.79. The van der Waals surface area contributed by atoms with E-state index >= 15 is 0 Å². The van der Waals surface area contributed by atoms with Crippen molar-refractivity contribution in [2.75, 3.05) is 6.61 Å². The van der Waals surface area contributed by atoms with Crippen LogP contribution in [0.15, 0.2) is 11.6 Å². The van der Waals surface area contributed by atoms with Gasteiger partial charge in [0.25, 0.3) is 0 Å². The number of esters is 2. The molecule has 0 spiro atoms. The van der Waals surface area contributed by atoms with Crippen molar-refractivity contribution in [3.8, 4) is 12.3 Å². The Labute approximate surface area is 237 Å². The molecule has 0 N–H and O–H groups in total. The summed E-state index contributed by atoms with van der Waals surface area (Å²) >= 11 is 0. The number of fused-ring (bicyclic) bond motifs is 7. The van der Waals surface area contributed by atoms with E-state index in [2.05, 4.69) is 60.5 Å². The molecule has 4 nitrogen and oxygen atoms in total. The van der Waals surface area contributed by atoms with E-state index in [4.69, 9.17) is 15.9 Å². The van der Waals surface area contributed by atoms with E-state index in [0.717, 1.165) is 51.4 Å². The second kappa shape index (κ2) is 9.12. The molecule has 216 valence electrons. The van der Waals surface area contributed by atoms with Gasteiger partial charge in [0.05, 0.1) is 5.41 Å². The number of rotatable bonds is 3. The first-order chi connectivity index (χ1) is 18.1. The standard InChI is InChI=1S/C35H52O4/c1-10-21-38-29(37)35-19-17-30(3,4)22-25(35)24-11-12-27-32(7)15-14-28(39-23(2)36)31(5,6)26(32)13-16-34(27,9)33(24,8)18-20-35/h1,11,25-28H,12-22H2,2-9H3/t25-,26-,27+,28-,32-,33+,34+,35-/m0/s1. The molecular weight excluding hydrogens is 484 g/mol. The summed E-state index contributed by atoms with van der Waals surface area (Å²) in [6.45, 7) is 18.7. The first kappa shape index (κ1) is 28.8. The molecule has 5 aliphatic rings. The zero-order valence-corrected chi connectivity index (χ0v) is 25.9. The fraction of sp³-hybridized carbons (Fsp3) is 0.829. The van der Waals surface area contributed by atoms with Crippen molar-refractivity contribution in [3.63, 3.8) is 0 Å². The van der Waals surface area contributed by atoms with Gasteiger partial charge in [0.2, 0.25) is 0 Å². The predicted octanol–water partition coefficient (Wildman–Crippen LogP) is 7.90. The quantitative estimate of drug-likeness (QED) is 0.209. The molecule has 4 fully saturated rings. The third-order valence-electron chi connectivity index (χ3n) is 13.6. The number of hydrogen-bond donors (Lipinski definition) is 0. The van der Waals surface area contributed by atoms with E-state index in [0.29, 0.717) is 11.8 Å². The van der Waals surface area contributed by atoms with Crippen LogP contribution in [0.2, 0.25) is 0 Å². The van der Waals surface area contributed by atoms with E-state index in [1.165, 1.54) is 12.8 Å². The molecule has 5 aliphatic carbocycles. The lowest BCUT2D eigenvalue weighted by Crippen LogP contribution is -2.65. The largest absolute Gasteiger partial charge is 0.462 e. The van der Waals surface area contributed by atoms with Crippen molar-refractivity contribution in [3.05, 3.63) is 11.6 Å². The highest BCUT2D eigenvalue weighted by Crippen LogP contribution is 2.76. The Bertz CT molecular complexity index is 1110. The Kier molecular flexibility index (Phi) is 6.73. The Hall–Kier alpha value is -1.76. The third kappa shape index (κ3) is 3.99. The molecule has 0 bridgehead atoms. The van der Waals surface area contributed by atoms with Crippen LogP contribution in [0.5, 0.6) is 0 Å². The minimum absolute atomic E-state index is 0.00324. The summed E-state index contributed by atoms with van der Waals surface area (Å²) in [5.74, 6) is 3.63. The number of carbonyl (C=O) groups is 2. The summed E-state index contributed by atoms with van der Waals surface area (Å²) in [5.41, 5.74) is 1.71. The molecule has 0 saturated heterocycles. The zero-order chi connectivity index (χ0) is 28.6. The fourth-order valence-electron chi connectivity index (χ4n) is 11.2. The Morgan fingerprint density at radius 2 is 1.64 bits per heavy atom. The molecule has 8 atom stereocenters. The molecular formula is C35H52O4. The van der Waals surface area contributed by atoms with E-state index in [-0.39, 0.29) is 57.6 Å². The van der Waals surface area contributed by atoms with Crippen LogP contribution in [0, 0.1) is 62.6 Å². The predicted molar refractivity (Wildman–Crippen MR) is 154 cm³/mol. The van der Waals surface area contributed by atoms with Crippen LogP contribution >= 0.6 is 0 Å². The van der Waals surface area contributed by atoms with Crippen LogP contribution in [0.25, 0.3) is 0 Å². The highest BCUT2D eigenvalue weighted by atomic mass is 16.5. The van der Waals surface area contributed by atoms with Gasteiger partial charge >= 0.3 is 11.9 Å². The monoisotopic (exact) mass is 536 g/mol. The summed E-state index contributed by atoms with van der Waals surface area (Å²) in [4.78, 5) is 25.6. The molecule has 4 saturated carbocycles. The van der Waals surface area contributed by atoms with Gasteiger partial charge in [-0.25, -0.2) is 0 Å². The topological polar surface area (TPSA) is 52.6 Å². The summed E-state index contributed by atoms with van der Waals surface area (Å²) < 4.78 is 11.6. The fourth-order valence-corrected chi connectivity index (χ4v) is 11.2. The minimum Gasteiger partial charge on any atom is -0.462 e. The second-order valence-corrected chi connectivity index (χ2v) is 16.1. The van der Waals surface area contributed by atoms with E-state index in [1.54, 1.807) is 12.5 Å². The van der Waals surface area contributed by atoms with Crippen LogP contribution in [0.3, 0.4) is 0 Å². The number of allylic oxidation sites excluding steroid dienone is 2. The Balaban J connectivity index is 1.54. The first-order valence-corrected chi connectivity index (χ1v) is 15.6. The smallest absolute Gasteiger partial charge is 0.313 e. The number of terminal acetylenes is 1. The normalized spacial score (nSPS) is 45.7. The summed E-state index contributed by atoms with van der Waals surface area (Å²) in [5, 5.41) is 0. The lowest BCUT2D eigenvalue weighted by Gasteiger charge is -2.71.